The highest BCUT2D eigenvalue weighted by Gasteiger charge is 2.36. The molecule has 0 aliphatic carbocycles. The van der Waals surface area contributed by atoms with E-state index in [-0.39, 0.29) is 4.31 Å². The molecule has 9 heteroatoms. The first-order valence-electron chi connectivity index (χ1n) is 4.91. The zero-order valence-electron chi connectivity index (χ0n) is 9.68. The minimum atomic E-state index is -4.71. The molecule has 1 N–H and O–H groups in total. The fourth-order valence-electron chi connectivity index (χ4n) is 1.37. The number of rotatable bonds is 4. The van der Waals surface area contributed by atoms with Gasteiger partial charge < -0.3 is 5.11 Å². The van der Waals surface area contributed by atoms with Gasteiger partial charge in [0.05, 0.1) is 10.5 Å². The first-order valence-corrected chi connectivity index (χ1v) is 6.35. The van der Waals surface area contributed by atoms with Crippen molar-refractivity contribution in [3.63, 3.8) is 0 Å². The molecule has 0 aliphatic rings. The molecule has 106 valence electrons. The molecule has 5 nitrogen and oxygen atoms in total. The number of carboxylic acid groups (broad SMARTS) is 1. The zero-order valence-corrected chi connectivity index (χ0v) is 10.5. The summed E-state index contributed by atoms with van der Waals surface area (Å²) in [7, 11) is -3.78. The van der Waals surface area contributed by atoms with Crippen molar-refractivity contribution in [2.75, 3.05) is 13.6 Å². The first kappa shape index (κ1) is 15.4. The van der Waals surface area contributed by atoms with Crippen molar-refractivity contribution < 1.29 is 31.5 Å². The third-order valence-electron chi connectivity index (χ3n) is 2.21. The van der Waals surface area contributed by atoms with Crippen LogP contribution in [0, 0.1) is 0 Å². The van der Waals surface area contributed by atoms with Crippen LogP contribution in [-0.2, 0) is 10.0 Å². The number of benzene rings is 1. The van der Waals surface area contributed by atoms with Crippen molar-refractivity contribution in [1.29, 1.82) is 0 Å². The molecule has 0 saturated carbocycles. The average molecular weight is 297 g/mol. The Morgan fingerprint density at radius 3 is 2.32 bits per heavy atom. The summed E-state index contributed by atoms with van der Waals surface area (Å²) >= 11 is 0. The number of carboxylic acids is 1. The van der Waals surface area contributed by atoms with Gasteiger partial charge in [-0.1, -0.05) is 12.1 Å². The monoisotopic (exact) mass is 297 g/mol. The molecule has 0 bridgehead atoms. The Bertz CT molecular complexity index is 583. The number of hydrogen-bond acceptors (Lipinski definition) is 3. The summed E-state index contributed by atoms with van der Waals surface area (Å²) < 4.78 is 60.4. The van der Waals surface area contributed by atoms with E-state index >= 15 is 0 Å². The standard InChI is InChI=1S/C10H10F3NO4S/c1-14(6-10(11,12)13)19(17,18)8-5-3-2-4-7(8)9(15)16/h2-5H,6H2,1H3,(H,15,16). The summed E-state index contributed by atoms with van der Waals surface area (Å²) in [6.45, 7) is -1.69. The maximum Gasteiger partial charge on any atom is 0.402 e. The molecule has 0 aromatic heterocycles. The zero-order chi connectivity index (χ0) is 14.8. The molecule has 19 heavy (non-hydrogen) atoms. The molecule has 0 fully saturated rings. The lowest BCUT2D eigenvalue weighted by atomic mass is 10.2. The number of alkyl halides is 3. The minimum Gasteiger partial charge on any atom is -0.478 e. The summed E-state index contributed by atoms with van der Waals surface area (Å²) in [5, 5.41) is 8.84. The highest BCUT2D eigenvalue weighted by Crippen LogP contribution is 2.23. The van der Waals surface area contributed by atoms with Gasteiger partial charge in [0.25, 0.3) is 0 Å². The van der Waals surface area contributed by atoms with Gasteiger partial charge in [0.2, 0.25) is 10.0 Å². The van der Waals surface area contributed by atoms with E-state index in [0.29, 0.717) is 0 Å². The van der Waals surface area contributed by atoms with Crippen LogP contribution in [-0.4, -0.2) is 43.6 Å². The molecule has 0 spiro atoms. The highest BCUT2D eigenvalue weighted by atomic mass is 32.2. The fourth-order valence-corrected chi connectivity index (χ4v) is 2.71. The maximum absolute atomic E-state index is 12.2. The van der Waals surface area contributed by atoms with Crippen LogP contribution >= 0.6 is 0 Å². The Kier molecular flexibility index (Phi) is 4.21. The number of hydrogen-bond donors (Lipinski definition) is 1. The predicted octanol–water partition coefficient (Wildman–Crippen LogP) is 1.57. The van der Waals surface area contributed by atoms with Gasteiger partial charge in [-0.15, -0.1) is 0 Å². The lowest BCUT2D eigenvalue weighted by molar-refractivity contribution is -0.134. The Morgan fingerprint density at radius 1 is 1.32 bits per heavy atom. The summed E-state index contributed by atoms with van der Waals surface area (Å²) in [5.74, 6) is -1.53. The Hall–Kier alpha value is -1.61. The number of sulfonamides is 1. The van der Waals surface area contributed by atoms with Crippen LogP contribution in [0.3, 0.4) is 0 Å². The van der Waals surface area contributed by atoms with Gasteiger partial charge in [0.1, 0.15) is 6.54 Å². The molecule has 0 unspecified atom stereocenters. The van der Waals surface area contributed by atoms with Crippen LogP contribution in [0.4, 0.5) is 13.2 Å². The number of halogens is 3. The summed E-state index contributed by atoms with van der Waals surface area (Å²) in [6.07, 6.45) is -4.71. The van der Waals surface area contributed by atoms with E-state index in [0.717, 1.165) is 19.2 Å². The van der Waals surface area contributed by atoms with Crippen molar-refractivity contribution in [2.45, 2.75) is 11.1 Å². The third kappa shape index (κ3) is 3.67. The lowest BCUT2D eigenvalue weighted by Crippen LogP contribution is -2.36. The average Bonchev–Trinajstić information content (AvgIpc) is 2.26. The van der Waals surface area contributed by atoms with E-state index in [1.165, 1.54) is 12.1 Å². The van der Waals surface area contributed by atoms with Crippen molar-refractivity contribution in [3.8, 4) is 0 Å². The topological polar surface area (TPSA) is 74.7 Å². The van der Waals surface area contributed by atoms with Gasteiger partial charge in [-0.2, -0.15) is 17.5 Å². The number of aromatic carboxylic acids is 1. The summed E-state index contributed by atoms with van der Waals surface area (Å²) in [6, 6.07) is 4.48. The molecule has 0 heterocycles. The smallest absolute Gasteiger partial charge is 0.402 e. The quantitative estimate of drug-likeness (QED) is 0.915. The Balaban J connectivity index is 3.25. The molecule has 1 aromatic carbocycles. The SMILES string of the molecule is CN(CC(F)(F)F)S(=O)(=O)c1ccccc1C(=O)O. The van der Waals surface area contributed by atoms with E-state index < -0.39 is 39.2 Å². The Morgan fingerprint density at radius 2 is 1.84 bits per heavy atom. The maximum atomic E-state index is 12.2. The molecule has 0 saturated heterocycles. The summed E-state index contributed by atoms with van der Waals surface area (Å²) in [5.41, 5.74) is -0.573. The van der Waals surface area contributed by atoms with Gasteiger partial charge in [-0.3, -0.25) is 0 Å². The van der Waals surface area contributed by atoms with Crippen molar-refractivity contribution in [1.82, 2.24) is 4.31 Å². The van der Waals surface area contributed by atoms with Crippen LogP contribution in [0.5, 0.6) is 0 Å². The first-order chi connectivity index (χ1) is 8.55. The molecule has 0 aliphatic heterocycles. The number of carbonyl (C=O) groups is 1. The second-order valence-corrected chi connectivity index (χ2v) is 5.69. The van der Waals surface area contributed by atoms with Gasteiger partial charge in [0, 0.05) is 7.05 Å². The van der Waals surface area contributed by atoms with Gasteiger partial charge >= 0.3 is 12.1 Å². The normalized spacial score (nSPS) is 12.7. The fraction of sp³-hybridized carbons (Fsp3) is 0.300. The molecule has 1 rings (SSSR count). The molecule has 1 aromatic rings. The molecule has 0 atom stereocenters. The lowest BCUT2D eigenvalue weighted by Gasteiger charge is -2.19. The van der Waals surface area contributed by atoms with E-state index in [1.54, 1.807) is 0 Å². The van der Waals surface area contributed by atoms with E-state index in [9.17, 15) is 26.4 Å². The molecular formula is C10H10F3NO4S. The molecule has 0 amide bonds. The summed E-state index contributed by atoms with van der Waals surface area (Å²) in [4.78, 5) is 10.2. The van der Waals surface area contributed by atoms with Crippen LogP contribution < -0.4 is 0 Å². The van der Waals surface area contributed by atoms with Gasteiger partial charge in [0.15, 0.2) is 0 Å². The highest BCUT2D eigenvalue weighted by molar-refractivity contribution is 7.89. The van der Waals surface area contributed by atoms with E-state index in [4.69, 9.17) is 5.11 Å². The van der Waals surface area contributed by atoms with E-state index in [1.807, 2.05) is 0 Å². The van der Waals surface area contributed by atoms with Crippen molar-refractivity contribution in [3.05, 3.63) is 29.8 Å². The second kappa shape index (κ2) is 5.17. The Labute approximate surface area is 107 Å². The minimum absolute atomic E-state index is 0.0643. The van der Waals surface area contributed by atoms with Crippen LogP contribution in [0.1, 0.15) is 10.4 Å². The van der Waals surface area contributed by atoms with Gasteiger partial charge in [-0.05, 0) is 12.1 Å². The van der Waals surface area contributed by atoms with Crippen LogP contribution in [0.25, 0.3) is 0 Å². The van der Waals surface area contributed by atoms with Gasteiger partial charge in [-0.25, -0.2) is 13.2 Å². The number of nitrogens with zero attached hydrogens (tertiary/aromatic N) is 1. The van der Waals surface area contributed by atoms with Crippen molar-refractivity contribution in [2.24, 2.45) is 0 Å². The largest absolute Gasteiger partial charge is 0.478 e. The third-order valence-corrected chi connectivity index (χ3v) is 4.07. The van der Waals surface area contributed by atoms with Crippen molar-refractivity contribution >= 4 is 16.0 Å². The van der Waals surface area contributed by atoms with E-state index in [2.05, 4.69) is 0 Å². The second-order valence-electron chi connectivity index (χ2n) is 3.68. The molecule has 0 radical (unpaired) electrons. The predicted molar refractivity (Wildman–Crippen MR) is 59.3 cm³/mol. The molecular weight excluding hydrogens is 287 g/mol. The van der Waals surface area contributed by atoms with Crippen LogP contribution in [0.2, 0.25) is 0 Å². The van der Waals surface area contributed by atoms with Crippen LogP contribution in [0.15, 0.2) is 29.2 Å².